The van der Waals surface area contributed by atoms with Crippen LogP contribution in [0.25, 0.3) is 0 Å². The van der Waals surface area contributed by atoms with Gasteiger partial charge in [0, 0.05) is 6.04 Å². The smallest absolute Gasteiger partial charge is 0.330 e. The zero-order valence-corrected chi connectivity index (χ0v) is 24.8. The first-order chi connectivity index (χ1) is 19.1. The summed E-state index contributed by atoms with van der Waals surface area (Å²) in [5.41, 5.74) is 2.17. The number of hydrogen-bond acceptors (Lipinski definition) is 6. The van der Waals surface area contributed by atoms with Gasteiger partial charge in [-0.3, -0.25) is 4.79 Å². The van der Waals surface area contributed by atoms with Gasteiger partial charge >= 0.3 is 5.97 Å². The first kappa shape index (κ1) is 29.9. The molecule has 2 fully saturated rings. The van der Waals surface area contributed by atoms with Crippen molar-refractivity contribution in [2.45, 2.75) is 90.5 Å². The first-order valence-electron chi connectivity index (χ1n) is 14.5. The highest BCUT2D eigenvalue weighted by atomic mass is 16.5. The van der Waals surface area contributed by atoms with Crippen LogP contribution >= 0.6 is 0 Å². The number of aliphatic hydroxyl groups is 1. The monoisotopic (exact) mass is 551 g/mol. The molecule has 4 rings (SSSR count). The van der Waals surface area contributed by atoms with Crippen molar-refractivity contribution in [1.82, 2.24) is 4.90 Å². The van der Waals surface area contributed by atoms with Gasteiger partial charge in [0.05, 0.1) is 26.2 Å². The van der Waals surface area contributed by atoms with Crippen molar-refractivity contribution in [2.24, 2.45) is 17.3 Å². The lowest BCUT2D eigenvalue weighted by molar-refractivity contribution is -0.189. The summed E-state index contributed by atoms with van der Waals surface area (Å²) in [7, 11) is 3.26. The van der Waals surface area contributed by atoms with Gasteiger partial charge in [-0.25, -0.2) is 4.79 Å². The van der Waals surface area contributed by atoms with E-state index in [2.05, 4.69) is 20.8 Å². The Balaban J connectivity index is 1.60. The second kappa shape index (κ2) is 12.6. The van der Waals surface area contributed by atoms with Crippen molar-refractivity contribution in [3.05, 3.63) is 59.7 Å². The molecule has 1 N–H and O–H groups in total. The van der Waals surface area contributed by atoms with E-state index in [1.807, 2.05) is 48.5 Å². The molecule has 1 saturated carbocycles. The van der Waals surface area contributed by atoms with Crippen LogP contribution in [0.5, 0.6) is 11.5 Å². The van der Waals surface area contributed by atoms with Gasteiger partial charge in [0.2, 0.25) is 5.91 Å². The Morgan fingerprint density at radius 1 is 0.975 bits per heavy atom. The minimum Gasteiger partial charge on any atom is -0.497 e. The SMILES string of the molecule is COc1ccc(CC(Cc2ccc(OC)cc2)N2C(=O)C(C(C)O)C2C(=O)OC2CCCC(C)(C(C)C)C2)cc1. The number of aliphatic hydroxyl groups excluding tert-OH is 1. The van der Waals surface area contributed by atoms with Crippen molar-refractivity contribution in [2.75, 3.05) is 14.2 Å². The molecule has 40 heavy (non-hydrogen) atoms. The van der Waals surface area contributed by atoms with Crippen LogP contribution in [-0.4, -0.2) is 60.4 Å². The van der Waals surface area contributed by atoms with Gasteiger partial charge < -0.3 is 24.2 Å². The summed E-state index contributed by atoms with van der Waals surface area (Å²) in [6.07, 6.45) is 3.75. The molecule has 7 heteroatoms. The van der Waals surface area contributed by atoms with E-state index in [0.29, 0.717) is 18.8 Å². The molecule has 1 saturated heterocycles. The summed E-state index contributed by atoms with van der Waals surface area (Å²) in [4.78, 5) is 29.0. The molecule has 1 heterocycles. The molecule has 0 aromatic heterocycles. The number of methoxy groups -OCH3 is 2. The molecule has 2 aromatic rings. The van der Waals surface area contributed by atoms with Crippen LogP contribution in [-0.2, 0) is 27.2 Å². The normalized spacial score (nSPS) is 25.5. The second-order valence-corrected chi connectivity index (χ2v) is 12.2. The summed E-state index contributed by atoms with van der Waals surface area (Å²) in [6, 6.07) is 14.4. The number of esters is 1. The Morgan fingerprint density at radius 3 is 1.95 bits per heavy atom. The predicted molar refractivity (Wildman–Crippen MR) is 154 cm³/mol. The van der Waals surface area contributed by atoms with Crippen LogP contribution in [0.1, 0.15) is 64.5 Å². The second-order valence-electron chi connectivity index (χ2n) is 12.2. The van der Waals surface area contributed by atoms with E-state index in [0.717, 1.165) is 48.3 Å². The van der Waals surface area contributed by atoms with Crippen LogP contribution in [0.2, 0.25) is 0 Å². The summed E-state index contributed by atoms with van der Waals surface area (Å²) in [5.74, 6) is 0.581. The van der Waals surface area contributed by atoms with Gasteiger partial charge in [-0.05, 0) is 92.2 Å². The van der Waals surface area contributed by atoms with Gasteiger partial charge in [-0.1, -0.05) is 45.0 Å². The Morgan fingerprint density at radius 2 is 1.50 bits per heavy atom. The zero-order chi connectivity index (χ0) is 29.0. The molecule has 2 aliphatic rings. The molecule has 1 aliphatic heterocycles. The molecule has 5 unspecified atom stereocenters. The van der Waals surface area contributed by atoms with Crippen molar-refractivity contribution in [3.8, 4) is 11.5 Å². The largest absolute Gasteiger partial charge is 0.497 e. The number of rotatable bonds is 11. The van der Waals surface area contributed by atoms with E-state index in [1.54, 1.807) is 26.0 Å². The highest BCUT2D eigenvalue weighted by Gasteiger charge is 2.57. The summed E-state index contributed by atoms with van der Waals surface area (Å²) < 4.78 is 16.8. The quantitative estimate of drug-likeness (QED) is 0.305. The van der Waals surface area contributed by atoms with E-state index >= 15 is 0 Å². The van der Waals surface area contributed by atoms with Crippen LogP contribution in [0.3, 0.4) is 0 Å². The minimum absolute atomic E-state index is 0.118. The van der Waals surface area contributed by atoms with Gasteiger partial charge in [-0.2, -0.15) is 0 Å². The number of β-lactam (4-membered cyclic amide) rings is 1. The van der Waals surface area contributed by atoms with Gasteiger partial charge in [0.25, 0.3) is 0 Å². The van der Waals surface area contributed by atoms with E-state index in [1.165, 1.54) is 0 Å². The fourth-order valence-corrected chi connectivity index (χ4v) is 6.33. The summed E-state index contributed by atoms with van der Waals surface area (Å²) >= 11 is 0. The fourth-order valence-electron chi connectivity index (χ4n) is 6.33. The Hall–Kier alpha value is -3.06. The molecule has 5 atom stereocenters. The summed E-state index contributed by atoms with van der Waals surface area (Å²) in [5, 5.41) is 10.5. The predicted octanol–water partition coefficient (Wildman–Crippen LogP) is 5.21. The van der Waals surface area contributed by atoms with Crippen LogP contribution in [0, 0.1) is 17.3 Å². The van der Waals surface area contributed by atoms with Crippen molar-refractivity contribution in [3.63, 3.8) is 0 Å². The van der Waals surface area contributed by atoms with Crippen molar-refractivity contribution in [1.29, 1.82) is 0 Å². The van der Waals surface area contributed by atoms with E-state index < -0.39 is 24.0 Å². The maximum absolute atomic E-state index is 13.8. The van der Waals surface area contributed by atoms with Crippen LogP contribution in [0.15, 0.2) is 48.5 Å². The molecule has 0 spiro atoms. The molecule has 0 bridgehead atoms. The molecule has 218 valence electrons. The van der Waals surface area contributed by atoms with Crippen molar-refractivity contribution >= 4 is 11.9 Å². The highest BCUT2D eigenvalue weighted by Crippen LogP contribution is 2.44. The maximum atomic E-state index is 13.8. The van der Waals surface area contributed by atoms with E-state index in [-0.39, 0.29) is 23.5 Å². The average Bonchev–Trinajstić information content (AvgIpc) is 2.92. The third-order valence-corrected chi connectivity index (χ3v) is 9.24. The van der Waals surface area contributed by atoms with Gasteiger partial charge in [-0.15, -0.1) is 0 Å². The third kappa shape index (κ3) is 6.46. The number of hydrogen-bond donors (Lipinski definition) is 1. The molecule has 1 amide bonds. The zero-order valence-electron chi connectivity index (χ0n) is 24.8. The lowest BCUT2D eigenvalue weighted by atomic mass is 9.67. The number of likely N-dealkylation sites (tertiary alicyclic amines) is 1. The maximum Gasteiger partial charge on any atom is 0.330 e. The van der Waals surface area contributed by atoms with Gasteiger partial charge in [0.15, 0.2) is 0 Å². The number of ether oxygens (including phenoxy) is 3. The highest BCUT2D eigenvalue weighted by molar-refractivity contribution is 5.98. The number of carbonyl (C=O) groups excluding carboxylic acids is 2. The molecular weight excluding hydrogens is 506 g/mol. The topological polar surface area (TPSA) is 85.3 Å². The third-order valence-electron chi connectivity index (χ3n) is 9.24. The molecule has 1 aliphatic carbocycles. The molecular formula is C33H45NO6. The van der Waals surface area contributed by atoms with Crippen molar-refractivity contribution < 1.29 is 28.9 Å². The van der Waals surface area contributed by atoms with Gasteiger partial charge in [0.1, 0.15) is 23.6 Å². The molecule has 7 nitrogen and oxygen atoms in total. The summed E-state index contributed by atoms with van der Waals surface area (Å²) in [6.45, 7) is 8.31. The first-order valence-corrected chi connectivity index (χ1v) is 14.5. The number of amides is 1. The van der Waals surface area contributed by atoms with Crippen LogP contribution in [0.4, 0.5) is 0 Å². The number of nitrogens with zero attached hydrogens (tertiary/aromatic N) is 1. The fraction of sp³-hybridized carbons (Fsp3) is 0.576. The lowest BCUT2D eigenvalue weighted by Gasteiger charge is -2.51. The molecule has 2 aromatic carbocycles. The standard InChI is InChI=1S/C33H45NO6/c1-21(2)33(4)17-7-8-28(20-33)40-32(37)30-29(22(3)35)31(36)34(30)25(18-23-9-13-26(38-5)14-10-23)19-24-11-15-27(39-6)16-12-24/h9-16,21-22,25,28-30,35H,7-8,17-20H2,1-6H3. The minimum atomic E-state index is -0.948. The van der Waals surface area contributed by atoms with E-state index in [9.17, 15) is 14.7 Å². The lowest BCUT2D eigenvalue weighted by Crippen LogP contribution is -2.71. The Bertz CT molecular complexity index is 1100. The number of benzene rings is 2. The van der Waals surface area contributed by atoms with Crippen LogP contribution < -0.4 is 9.47 Å². The number of carbonyl (C=O) groups is 2. The Kier molecular flexibility index (Phi) is 9.44. The van der Waals surface area contributed by atoms with E-state index in [4.69, 9.17) is 14.2 Å². The Labute approximate surface area is 238 Å². The average molecular weight is 552 g/mol. The molecule has 0 radical (unpaired) electrons.